The molecular weight excluding hydrogens is 705 g/mol. The zero-order valence-corrected chi connectivity index (χ0v) is 29.5. The number of aliphatic carboxylic acids is 1. The number of alkyl halides is 3. The predicted octanol–water partition coefficient (Wildman–Crippen LogP) is 5.71. The number of hydrogen-bond donors (Lipinski definition) is 2. The van der Waals surface area contributed by atoms with Crippen LogP contribution in [0.15, 0.2) is 42.9 Å². The van der Waals surface area contributed by atoms with E-state index in [1.165, 1.54) is 0 Å². The number of halogens is 3. The van der Waals surface area contributed by atoms with Gasteiger partial charge in [0.2, 0.25) is 5.95 Å². The molecule has 0 atom stereocenters. The molecule has 2 N–H and O–H groups in total. The van der Waals surface area contributed by atoms with Gasteiger partial charge in [0.25, 0.3) is 5.91 Å². The van der Waals surface area contributed by atoms with Gasteiger partial charge in [-0.25, -0.2) is 24.7 Å². The maximum Gasteiger partial charge on any atom is 0.434 e. The lowest BCUT2D eigenvalue weighted by atomic mass is 9.48. The number of fused-ring (bicyclic) bond motifs is 1. The molecule has 1 aromatic carbocycles. The van der Waals surface area contributed by atoms with E-state index in [2.05, 4.69) is 30.2 Å². The van der Waals surface area contributed by atoms with Crippen LogP contribution in [0.2, 0.25) is 0 Å². The number of amides is 1. The lowest BCUT2D eigenvalue weighted by Crippen LogP contribution is -2.70. The van der Waals surface area contributed by atoms with Crippen molar-refractivity contribution in [2.75, 3.05) is 31.2 Å². The van der Waals surface area contributed by atoms with E-state index in [-0.39, 0.29) is 29.8 Å². The van der Waals surface area contributed by atoms with Crippen LogP contribution < -0.4 is 15.0 Å². The molecule has 4 aromatic rings. The summed E-state index contributed by atoms with van der Waals surface area (Å²) in [5.41, 5.74) is -3.05. The number of anilines is 1. The molecule has 16 heteroatoms. The third kappa shape index (κ3) is 6.11. The second-order valence-corrected chi connectivity index (χ2v) is 15.6. The quantitative estimate of drug-likeness (QED) is 0.228. The van der Waals surface area contributed by atoms with Crippen LogP contribution in [0, 0.1) is 23.7 Å². The maximum atomic E-state index is 14.9. The molecule has 284 valence electrons. The molecule has 54 heavy (non-hydrogen) atoms. The van der Waals surface area contributed by atoms with Crippen molar-refractivity contribution in [3.05, 3.63) is 54.1 Å². The molecule has 0 radical (unpaired) electrons. The lowest BCUT2D eigenvalue weighted by molar-refractivity contribution is -0.163. The van der Waals surface area contributed by atoms with E-state index in [0.717, 1.165) is 38.5 Å². The van der Waals surface area contributed by atoms with Crippen LogP contribution in [0.5, 0.6) is 5.75 Å². The van der Waals surface area contributed by atoms with Gasteiger partial charge in [0.15, 0.2) is 11.5 Å². The smallest absolute Gasteiger partial charge is 0.434 e. The molecule has 6 aliphatic rings. The fourth-order valence-electron chi connectivity index (χ4n) is 10.1. The zero-order chi connectivity index (χ0) is 37.2. The van der Waals surface area contributed by atoms with Gasteiger partial charge >= 0.3 is 12.1 Å². The Morgan fingerprint density at radius 2 is 1.63 bits per heavy atom. The fraction of sp³-hybridized carbons (Fsp3) is 0.553. The van der Waals surface area contributed by atoms with Crippen LogP contribution in [-0.4, -0.2) is 84.6 Å². The van der Waals surface area contributed by atoms with Gasteiger partial charge in [0.05, 0.1) is 17.1 Å². The molecule has 3 aromatic heterocycles. The van der Waals surface area contributed by atoms with E-state index in [0.29, 0.717) is 91.9 Å². The van der Waals surface area contributed by atoms with E-state index >= 15 is 0 Å². The highest BCUT2D eigenvalue weighted by molar-refractivity contribution is 5.99. The number of aromatic nitrogens is 6. The van der Waals surface area contributed by atoms with Crippen molar-refractivity contribution in [1.82, 2.24) is 35.0 Å². The summed E-state index contributed by atoms with van der Waals surface area (Å²) in [6.07, 6.45) is 5.49. The second-order valence-electron chi connectivity index (χ2n) is 15.6. The van der Waals surface area contributed by atoms with Gasteiger partial charge in [0, 0.05) is 69.2 Å². The summed E-state index contributed by atoms with van der Waals surface area (Å²) >= 11 is 0. The third-order valence-electron chi connectivity index (χ3n) is 12.4. The van der Waals surface area contributed by atoms with Crippen molar-refractivity contribution in [1.29, 1.82) is 0 Å². The first kappa shape index (κ1) is 34.9. The van der Waals surface area contributed by atoms with Gasteiger partial charge in [-0.05, 0) is 86.8 Å². The fourth-order valence-corrected chi connectivity index (χ4v) is 10.1. The number of ether oxygens (including phenoxy) is 2. The number of nitrogens with one attached hydrogen (secondary N) is 1. The van der Waals surface area contributed by atoms with E-state index in [1.54, 1.807) is 41.3 Å². The van der Waals surface area contributed by atoms with Crippen LogP contribution >= 0.6 is 0 Å². The van der Waals surface area contributed by atoms with Crippen LogP contribution in [0.3, 0.4) is 0 Å². The first-order valence-electron chi connectivity index (χ1n) is 18.9. The number of benzene rings is 1. The standard InChI is InChI=1S/C38H41F3N8O5/c39-38(40,41)32-29(34(50)46-37(35(51)52)23-15-21-14-22(17-23)18-24(37)16-21)20-44-33(45-32)31-28-3-2-27(19-30(28)47-49(31)25-6-12-53-13-7-25)54-26-4-10-48(11-5-26)36-42-8-1-9-43-36/h1-3,8-9,19-26H,4-7,10-18H2,(H,46,50)(H,51,52). The first-order valence-corrected chi connectivity index (χ1v) is 18.9. The van der Waals surface area contributed by atoms with E-state index in [4.69, 9.17) is 14.6 Å². The molecule has 4 aliphatic carbocycles. The van der Waals surface area contributed by atoms with Gasteiger partial charge in [-0.2, -0.15) is 18.3 Å². The molecule has 0 spiro atoms. The SMILES string of the molecule is O=C(NC1(C(=O)O)C2CC3CC(C2)CC1C3)c1cnc(-c2c3ccc(OC4CCN(c5ncccn5)CC4)cc3nn2C2CCOCC2)nc1C(F)(F)F. The van der Waals surface area contributed by atoms with Gasteiger partial charge < -0.3 is 24.8 Å². The Labute approximate surface area is 308 Å². The lowest BCUT2D eigenvalue weighted by Gasteiger charge is -2.59. The Bertz CT molecular complexity index is 2030. The van der Waals surface area contributed by atoms with E-state index in [1.807, 2.05) is 0 Å². The summed E-state index contributed by atoms with van der Waals surface area (Å²) in [7, 11) is 0. The minimum atomic E-state index is -5.03. The summed E-state index contributed by atoms with van der Waals surface area (Å²) in [5, 5.41) is 18.5. The van der Waals surface area contributed by atoms with Crippen molar-refractivity contribution in [3.63, 3.8) is 0 Å². The Kier molecular flexibility index (Phi) is 8.70. The largest absolute Gasteiger partial charge is 0.490 e. The summed E-state index contributed by atoms with van der Waals surface area (Å²) < 4.78 is 58.2. The summed E-state index contributed by atoms with van der Waals surface area (Å²) in [5.74, 6) is -1.20. The molecular formula is C38H41F3N8O5. The summed E-state index contributed by atoms with van der Waals surface area (Å²) in [6, 6.07) is 6.90. The third-order valence-corrected chi connectivity index (χ3v) is 12.4. The highest BCUT2D eigenvalue weighted by Crippen LogP contribution is 2.58. The van der Waals surface area contributed by atoms with Gasteiger partial charge in [-0.1, -0.05) is 0 Å². The molecule has 2 saturated heterocycles. The van der Waals surface area contributed by atoms with Crippen molar-refractivity contribution in [3.8, 4) is 17.3 Å². The number of carboxylic acid groups (broad SMARTS) is 1. The number of rotatable bonds is 8. The number of hydrogen-bond acceptors (Lipinski definition) is 10. The van der Waals surface area contributed by atoms with Crippen LogP contribution in [-0.2, 0) is 15.7 Å². The van der Waals surface area contributed by atoms with Gasteiger partial charge in [0.1, 0.15) is 23.1 Å². The Balaban J connectivity index is 1.03. The van der Waals surface area contributed by atoms with Crippen LogP contribution in [0.4, 0.5) is 19.1 Å². The Morgan fingerprint density at radius 3 is 2.28 bits per heavy atom. The second kappa shape index (κ2) is 13.5. The maximum absolute atomic E-state index is 14.9. The molecule has 4 bridgehead atoms. The molecule has 6 fully saturated rings. The van der Waals surface area contributed by atoms with Gasteiger partial charge in [-0.3, -0.25) is 9.48 Å². The number of carboxylic acids is 1. The number of carbonyl (C=O) groups excluding carboxylic acids is 1. The van der Waals surface area contributed by atoms with Crippen LogP contribution in [0.1, 0.15) is 79.9 Å². The van der Waals surface area contributed by atoms with Crippen molar-refractivity contribution < 1.29 is 37.3 Å². The molecule has 2 aliphatic heterocycles. The molecule has 10 rings (SSSR count). The van der Waals surface area contributed by atoms with Crippen molar-refractivity contribution >= 4 is 28.7 Å². The normalized spacial score (nSPS) is 27.4. The monoisotopic (exact) mass is 746 g/mol. The molecule has 4 saturated carbocycles. The minimum Gasteiger partial charge on any atom is -0.490 e. The van der Waals surface area contributed by atoms with Crippen LogP contribution in [0.25, 0.3) is 22.4 Å². The average Bonchev–Trinajstić information content (AvgIpc) is 3.55. The van der Waals surface area contributed by atoms with Crippen molar-refractivity contribution in [2.45, 2.75) is 81.6 Å². The molecule has 1 amide bonds. The van der Waals surface area contributed by atoms with Gasteiger partial charge in [-0.15, -0.1) is 0 Å². The summed E-state index contributed by atoms with van der Waals surface area (Å²) in [4.78, 5) is 45.9. The molecule has 0 unspecified atom stereocenters. The number of piperidine rings is 1. The minimum absolute atomic E-state index is 0.0602. The predicted molar refractivity (Wildman–Crippen MR) is 188 cm³/mol. The molecule has 13 nitrogen and oxygen atoms in total. The van der Waals surface area contributed by atoms with E-state index in [9.17, 15) is 27.9 Å². The Hall–Kier alpha value is -4.86. The number of carbonyl (C=O) groups is 2. The first-order chi connectivity index (χ1) is 26.1. The number of nitrogens with zero attached hydrogens (tertiary/aromatic N) is 7. The highest BCUT2D eigenvalue weighted by Gasteiger charge is 2.62. The molecule has 5 heterocycles. The van der Waals surface area contributed by atoms with Crippen molar-refractivity contribution in [2.24, 2.45) is 23.7 Å². The zero-order valence-electron chi connectivity index (χ0n) is 29.5. The average molecular weight is 747 g/mol. The summed E-state index contributed by atoms with van der Waals surface area (Å²) in [6.45, 7) is 2.38. The topological polar surface area (TPSA) is 157 Å². The Morgan fingerprint density at radius 1 is 0.944 bits per heavy atom. The highest BCUT2D eigenvalue weighted by atomic mass is 19.4. The van der Waals surface area contributed by atoms with E-state index < -0.39 is 34.8 Å².